The molecular weight excluding hydrogens is 549 g/mol. The van der Waals surface area contributed by atoms with Gasteiger partial charge in [-0.05, 0) is 87.0 Å². The molecule has 2 saturated heterocycles. The van der Waals surface area contributed by atoms with Crippen LogP contribution in [0.25, 0.3) is 0 Å². The summed E-state index contributed by atoms with van der Waals surface area (Å²) in [7, 11) is 0. The van der Waals surface area contributed by atoms with Crippen LogP contribution in [0.1, 0.15) is 32.4 Å². The van der Waals surface area contributed by atoms with Gasteiger partial charge in [0.05, 0.1) is 0 Å². The number of halogens is 2. The molecule has 10 heteroatoms. The summed E-state index contributed by atoms with van der Waals surface area (Å²) in [6.07, 6.45) is -1.40. The lowest BCUT2D eigenvalue weighted by Crippen LogP contribution is -2.52. The lowest BCUT2D eigenvalue weighted by atomic mass is 9.99. The molecule has 0 aliphatic carbocycles. The number of rotatable bonds is 6. The van der Waals surface area contributed by atoms with Crippen molar-refractivity contribution in [2.45, 2.75) is 38.5 Å². The summed E-state index contributed by atoms with van der Waals surface area (Å²) in [6, 6.07) is 19.8. The molecule has 0 unspecified atom stereocenters. The number of anilines is 1. The predicted octanol–water partition coefficient (Wildman–Crippen LogP) is 6.89. The Kier molecular flexibility index (Phi) is 8.37. The third-order valence-electron chi connectivity index (χ3n) is 6.90. The number of piperazine rings is 1. The molecule has 0 saturated carbocycles. The monoisotopic (exact) mass is 581 g/mol. The molecule has 2 aliphatic rings. The van der Waals surface area contributed by atoms with Crippen LogP contribution in [0.4, 0.5) is 19.7 Å². The Balaban J connectivity index is 1.31. The highest BCUT2D eigenvalue weighted by atomic mass is 35.5. The number of amides is 2. The van der Waals surface area contributed by atoms with Crippen molar-refractivity contribution in [3.63, 3.8) is 0 Å². The van der Waals surface area contributed by atoms with Crippen LogP contribution in [-0.2, 0) is 9.47 Å². The highest BCUT2D eigenvalue weighted by Crippen LogP contribution is 2.39. The van der Waals surface area contributed by atoms with Crippen LogP contribution in [-0.4, -0.2) is 66.4 Å². The SMILES string of the molecule is CC(C)(C)OC(=O)N1CCN(C[C@@H]2OC(=O)N(c3ccc(Oc4ccc(Cl)cc4)cc3)[C@H]2c2cccc(F)c2)CC1. The van der Waals surface area contributed by atoms with Gasteiger partial charge in [-0.3, -0.25) is 9.80 Å². The summed E-state index contributed by atoms with van der Waals surface area (Å²) in [5, 5.41) is 0.614. The van der Waals surface area contributed by atoms with E-state index in [2.05, 4.69) is 4.90 Å². The molecule has 41 heavy (non-hydrogen) atoms. The van der Waals surface area contributed by atoms with Crippen LogP contribution in [0.2, 0.25) is 5.02 Å². The zero-order valence-electron chi connectivity index (χ0n) is 23.3. The largest absolute Gasteiger partial charge is 0.457 e. The van der Waals surface area contributed by atoms with Crippen molar-refractivity contribution in [3.05, 3.63) is 89.2 Å². The Morgan fingerprint density at radius 1 is 0.976 bits per heavy atom. The topological polar surface area (TPSA) is 71.6 Å². The fourth-order valence-corrected chi connectivity index (χ4v) is 5.12. The quantitative estimate of drug-likeness (QED) is 0.316. The summed E-state index contributed by atoms with van der Waals surface area (Å²) in [6.45, 7) is 8.15. The highest BCUT2D eigenvalue weighted by molar-refractivity contribution is 6.30. The second-order valence-electron chi connectivity index (χ2n) is 11.1. The molecule has 216 valence electrons. The number of nitrogens with zero attached hydrogens (tertiary/aromatic N) is 3. The Hall–Kier alpha value is -3.82. The van der Waals surface area contributed by atoms with Gasteiger partial charge in [-0.15, -0.1) is 0 Å². The zero-order valence-corrected chi connectivity index (χ0v) is 24.0. The number of hydrogen-bond donors (Lipinski definition) is 0. The standard InChI is InChI=1S/C31H33ClFN3O5/c1-31(2,3)41-29(37)35-17-15-34(16-18-35)20-27-28(21-5-4-6-23(33)19-21)36(30(38)40-27)24-9-13-26(14-10-24)39-25-11-7-22(32)8-12-25/h4-14,19,27-28H,15-18,20H2,1-3H3/t27-,28-/m0/s1. The average Bonchev–Trinajstić information content (AvgIpc) is 3.25. The van der Waals surface area contributed by atoms with E-state index in [9.17, 15) is 14.0 Å². The molecule has 0 spiro atoms. The number of hydrogen-bond acceptors (Lipinski definition) is 6. The molecule has 2 fully saturated rings. The maximum absolute atomic E-state index is 14.3. The third kappa shape index (κ3) is 7.10. The van der Waals surface area contributed by atoms with Gasteiger partial charge in [-0.1, -0.05) is 23.7 Å². The van der Waals surface area contributed by atoms with Crippen LogP contribution < -0.4 is 9.64 Å². The summed E-state index contributed by atoms with van der Waals surface area (Å²) >= 11 is 5.96. The predicted molar refractivity (Wildman–Crippen MR) is 154 cm³/mol. The summed E-state index contributed by atoms with van der Waals surface area (Å²) < 4.78 is 31.6. The van der Waals surface area contributed by atoms with Gasteiger partial charge in [0, 0.05) is 43.4 Å². The first-order valence-corrected chi connectivity index (χ1v) is 13.9. The van der Waals surface area contributed by atoms with Crippen molar-refractivity contribution >= 4 is 29.5 Å². The minimum atomic E-state index is -0.561. The van der Waals surface area contributed by atoms with Gasteiger partial charge in [-0.2, -0.15) is 0 Å². The van der Waals surface area contributed by atoms with Gasteiger partial charge >= 0.3 is 12.2 Å². The van der Waals surface area contributed by atoms with Crippen LogP contribution in [0.5, 0.6) is 11.5 Å². The molecule has 0 N–H and O–H groups in total. The summed E-state index contributed by atoms with van der Waals surface area (Å²) in [5.41, 5.74) is 0.674. The van der Waals surface area contributed by atoms with E-state index in [0.29, 0.717) is 60.5 Å². The maximum atomic E-state index is 14.3. The zero-order chi connectivity index (χ0) is 29.1. The first-order valence-electron chi connectivity index (χ1n) is 13.5. The molecule has 0 radical (unpaired) electrons. The van der Waals surface area contributed by atoms with E-state index in [-0.39, 0.29) is 6.09 Å². The summed E-state index contributed by atoms with van der Waals surface area (Å²) in [4.78, 5) is 31.1. The molecule has 2 aliphatic heterocycles. The van der Waals surface area contributed by atoms with E-state index in [4.69, 9.17) is 25.8 Å². The summed E-state index contributed by atoms with van der Waals surface area (Å²) in [5.74, 6) is 0.829. The highest BCUT2D eigenvalue weighted by Gasteiger charge is 2.44. The molecule has 3 aromatic carbocycles. The number of carbonyl (C=O) groups excluding carboxylic acids is 2. The normalized spacial score (nSPS) is 19.7. The molecule has 5 rings (SSSR count). The van der Waals surface area contributed by atoms with Crippen molar-refractivity contribution in [2.24, 2.45) is 0 Å². The number of ether oxygens (including phenoxy) is 3. The molecule has 2 atom stereocenters. The molecule has 3 aromatic rings. The maximum Gasteiger partial charge on any atom is 0.415 e. The van der Waals surface area contributed by atoms with Gasteiger partial charge in [0.1, 0.15) is 35.1 Å². The molecule has 8 nitrogen and oxygen atoms in total. The number of benzene rings is 3. The fourth-order valence-electron chi connectivity index (χ4n) is 5.00. The van der Waals surface area contributed by atoms with Crippen molar-refractivity contribution in [2.75, 3.05) is 37.6 Å². The average molecular weight is 582 g/mol. The first kappa shape index (κ1) is 28.7. The molecule has 2 amide bonds. The fraction of sp³-hybridized carbons (Fsp3) is 0.355. The lowest BCUT2D eigenvalue weighted by molar-refractivity contribution is 0.0103. The molecule has 2 heterocycles. The van der Waals surface area contributed by atoms with E-state index >= 15 is 0 Å². The van der Waals surface area contributed by atoms with Crippen LogP contribution in [0.15, 0.2) is 72.8 Å². The first-order chi connectivity index (χ1) is 19.6. The van der Waals surface area contributed by atoms with Gasteiger partial charge in [-0.25, -0.2) is 14.0 Å². The Bertz CT molecular complexity index is 1370. The van der Waals surface area contributed by atoms with Crippen LogP contribution in [0.3, 0.4) is 0 Å². The van der Waals surface area contributed by atoms with Crippen molar-refractivity contribution in [3.8, 4) is 11.5 Å². The third-order valence-corrected chi connectivity index (χ3v) is 7.15. The van der Waals surface area contributed by atoms with E-state index in [0.717, 1.165) is 0 Å². The minimum Gasteiger partial charge on any atom is -0.457 e. The van der Waals surface area contributed by atoms with Crippen molar-refractivity contribution < 1.29 is 28.2 Å². The Labute approximate surface area is 244 Å². The van der Waals surface area contributed by atoms with Gasteiger partial charge in [0.15, 0.2) is 0 Å². The van der Waals surface area contributed by atoms with E-state index in [1.165, 1.54) is 12.1 Å². The van der Waals surface area contributed by atoms with Gasteiger partial charge in [0.25, 0.3) is 0 Å². The molecule has 0 aromatic heterocycles. The second-order valence-corrected chi connectivity index (χ2v) is 11.5. The smallest absolute Gasteiger partial charge is 0.415 e. The van der Waals surface area contributed by atoms with Gasteiger partial charge < -0.3 is 19.1 Å². The number of carbonyl (C=O) groups is 2. The lowest BCUT2D eigenvalue weighted by Gasteiger charge is -2.37. The van der Waals surface area contributed by atoms with E-state index in [1.807, 2.05) is 20.8 Å². The molecule has 0 bridgehead atoms. The Morgan fingerprint density at radius 2 is 1.61 bits per heavy atom. The second kappa shape index (κ2) is 12.0. The molecular formula is C31H33ClFN3O5. The van der Waals surface area contributed by atoms with E-state index < -0.39 is 29.7 Å². The van der Waals surface area contributed by atoms with Crippen LogP contribution >= 0.6 is 11.6 Å². The van der Waals surface area contributed by atoms with Gasteiger partial charge in [0.2, 0.25) is 0 Å². The Morgan fingerprint density at radius 3 is 2.22 bits per heavy atom. The minimum absolute atomic E-state index is 0.336. The number of cyclic esters (lactones) is 1. The van der Waals surface area contributed by atoms with Crippen LogP contribution in [0, 0.1) is 5.82 Å². The van der Waals surface area contributed by atoms with Crippen molar-refractivity contribution in [1.82, 2.24) is 9.80 Å². The van der Waals surface area contributed by atoms with E-state index in [1.54, 1.807) is 70.5 Å². The van der Waals surface area contributed by atoms with Crippen molar-refractivity contribution in [1.29, 1.82) is 0 Å².